The number of hydrogen-bond donors (Lipinski definition) is 1. The zero-order valence-electron chi connectivity index (χ0n) is 11.7. The molecule has 0 saturated heterocycles. The first-order valence-electron chi connectivity index (χ1n) is 6.63. The maximum atomic E-state index is 12.1. The quantitative estimate of drug-likeness (QED) is 0.834. The molecular formula is C16H17NO3S. The van der Waals surface area contributed by atoms with Crippen molar-refractivity contribution in [1.82, 2.24) is 4.72 Å². The summed E-state index contributed by atoms with van der Waals surface area (Å²) in [6, 6.07) is 15.6. The molecule has 4 nitrogen and oxygen atoms in total. The van der Waals surface area contributed by atoms with E-state index in [1.165, 1.54) is 31.2 Å². The highest BCUT2D eigenvalue weighted by Gasteiger charge is 2.13. The molecule has 2 rings (SSSR count). The Labute approximate surface area is 124 Å². The number of sulfonamides is 1. The molecule has 110 valence electrons. The summed E-state index contributed by atoms with van der Waals surface area (Å²) in [6.45, 7) is 1.78. The van der Waals surface area contributed by atoms with Crippen molar-refractivity contribution >= 4 is 15.8 Å². The maximum absolute atomic E-state index is 12.1. The van der Waals surface area contributed by atoms with E-state index < -0.39 is 10.0 Å². The predicted molar refractivity (Wildman–Crippen MR) is 81.8 cm³/mol. The lowest BCUT2D eigenvalue weighted by atomic mass is 10.2. The minimum Gasteiger partial charge on any atom is -0.295 e. The number of rotatable bonds is 6. The molecule has 5 heteroatoms. The molecule has 0 bridgehead atoms. The topological polar surface area (TPSA) is 63.2 Å². The Kier molecular flexibility index (Phi) is 4.88. The molecule has 21 heavy (non-hydrogen) atoms. The van der Waals surface area contributed by atoms with Crippen LogP contribution in [0.1, 0.15) is 22.8 Å². The molecule has 2 aromatic carbocycles. The Hall–Kier alpha value is -1.98. The Morgan fingerprint density at radius 1 is 1.00 bits per heavy atom. The fourth-order valence-corrected chi connectivity index (χ4v) is 2.96. The molecule has 2 aromatic rings. The van der Waals surface area contributed by atoms with Crippen molar-refractivity contribution in [3.8, 4) is 0 Å². The van der Waals surface area contributed by atoms with Crippen LogP contribution in [0.4, 0.5) is 0 Å². The molecule has 0 spiro atoms. The van der Waals surface area contributed by atoms with E-state index in [4.69, 9.17) is 0 Å². The zero-order valence-corrected chi connectivity index (χ0v) is 12.6. The van der Waals surface area contributed by atoms with Gasteiger partial charge in [-0.2, -0.15) is 0 Å². The van der Waals surface area contributed by atoms with E-state index in [1.54, 1.807) is 0 Å². The number of carbonyl (C=O) groups is 1. The minimum atomic E-state index is -3.53. The van der Waals surface area contributed by atoms with Gasteiger partial charge in [0.05, 0.1) is 4.90 Å². The zero-order chi connectivity index (χ0) is 15.3. The van der Waals surface area contributed by atoms with Crippen LogP contribution in [0.5, 0.6) is 0 Å². The normalized spacial score (nSPS) is 11.3. The number of benzene rings is 2. The van der Waals surface area contributed by atoms with E-state index in [0.29, 0.717) is 18.5 Å². The van der Waals surface area contributed by atoms with Gasteiger partial charge < -0.3 is 0 Å². The van der Waals surface area contributed by atoms with E-state index in [1.807, 2.05) is 30.3 Å². The number of Topliss-reactive ketones (excluding diaryl/α,β-unsaturated/α-hetero) is 1. The van der Waals surface area contributed by atoms with Crippen LogP contribution in [-0.4, -0.2) is 20.7 Å². The van der Waals surface area contributed by atoms with Crippen LogP contribution in [0.3, 0.4) is 0 Å². The summed E-state index contributed by atoms with van der Waals surface area (Å²) in [6.07, 6.45) is 0.631. The van der Waals surface area contributed by atoms with Gasteiger partial charge >= 0.3 is 0 Å². The van der Waals surface area contributed by atoms with Gasteiger partial charge in [0.1, 0.15) is 0 Å². The molecule has 0 fully saturated rings. The molecular weight excluding hydrogens is 286 g/mol. The van der Waals surface area contributed by atoms with Crippen molar-refractivity contribution in [1.29, 1.82) is 0 Å². The maximum Gasteiger partial charge on any atom is 0.240 e. The lowest BCUT2D eigenvalue weighted by molar-refractivity contribution is 0.101. The van der Waals surface area contributed by atoms with Crippen LogP contribution in [0.2, 0.25) is 0 Å². The van der Waals surface area contributed by atoms with Crippen LogP contribution in [0, 0.1) is 0 Å². The van der Waals surface area contributed by atoms with Crippen LogP contribution in [0.15, 0.2) is 59.5 Å². The minimum absolute atomic E-state index is 0.0871. The lowest BCUT2D eigenvalue weighted by Gasteiger charge is -2.07. The highest BCUT2D eigenvalue weighted by molar-refractivity contribution is 7.89. The van der Waals surface area contributed by atoms with Gasteiger partial charge in [-0.05, 0) is 31.0 Å². The third-order valence-corrected chi connectivity index (χ3v) is 4.60. The second-order valence-electron chi connectivity index (χ2n) is 4.71. The molecule has 0 aliphatic rings. The van der Waals surface area contributed by atoms with Gasteiger partial charge in [-0.25, -0.2) is 13.1 Å². The predicted octanol–water partition coefficient (Wildman–Crippen LogP) is 2.41. The number of hydrogen-bond acceptors (Lipinski definition) is 3. The van der Waals surface area contributed by atoms with E-state index in [-0.39, 0.29) is 10.7 Å². The first-order valence-corrected chi connectivity index (χ1v) is 8.12. The molecule has 0 radical (unpaired) electrons. The first kappa shape index (κ1) is 15.4. The molecule has 0 saturated carbocycles. The average molecular weight is 303 g/mol. The summed E-state index contributed by atoms with van der Waals surface area (Å²) in [5, 5.41) is 0. The number of ketones is 1. The summed E-state index contributed by atoms with van der Waals surface area (Å²) in [4.78, 5) is 11.3. The second kappa shape index (κ2) is 6.65. The van der Waals surface area contributed by atoms with Gasteiger partial charge in [0, 0.05) is 12.1 Å². The Bertz CT molecular complexity index is 707. The summed E-state index contributed by atoms with van der Waals surface area (Å²) < 4.78 is 26.8. The van der Waals surface area contributed by atoms with E-state index >= 15 is 0 Å². The van der Waals surface area contributed by atoms with Crippen molar-refractivity contribution in [3.63, 3.8) is 0 Å². The van der Waals surface area contributed by atoms with Gasteiger partial charge in [0.25, 0.3) is 0 Å². The summed E-state index contributed by atoms with van der Waals surface area (Å²) in [5.74, 6) is -0.0871. The fraction of sp³-hybridized carbons (Fsp3) is 0.188. The van der Waals surface area contributed by atoms with E-state index in [9.17, 15) is 13.2 Å². The Morgan fingerprint density at radius 3 is 2.19 bits per heavy atom. The summed E-state index contributed by atoms with van der Waals surface area (Å²) in [7, 11) is -3.53. The van der Waals surface area contributed by atoms with Gasteiger partial charge in [0.2, 0.25) is 10.0 Å². The lowest BCUT2D eigenvalue weighted by Crippen LogP contribution is -2.26. The Balaban J connectivity index is 2.00. The van der Waals surface area contributed by atoms with E-state index in [0.717, 1.165) is 5.56 Å². The van der Waals surface area contributed by atoms with Gasteiger partial charge in [-0.15, -0.1) is 0 Å². The fourth-order valence-electron chi connectivity index (χ4n) is 1.93. The van der Waals surface area contributed by atoms with Gasteiger partial charge in [0.15, 0.2) is 5.78 Å². The third-order valence-electron chi connectivity index (χ3n) is 3.12. The van der Waals surface area contributed by atoms with Crippen molar-refractivity contribution in [3.05, 3.63) is 65.7 Å². The molecule has 1 N–H and O–H groups in total. The van der Waals surface area contributed by atoms with Crippen molar-refractivity contribution < 1.29 is 13.2 Å². The largest absolute Gasteiger partial charge is 0.295 e. The Morgan fingerprint density at radius 2 is 1.62 bits per heavy atom. The standard InChI is InChI=1S/C16H17NO3S/c1-13(18)15-7-9-16(10-8-15)21(19,20)17-12-11-14-5-3-2-4-6-14/h2-10,17H,11-12H2,1H3. The monoisotopic (exact) mass is 303 g/mol. The molecule has 0 amide bonds. The van der Waals surface area contributed by atoms with Crippen LogP contribution in [-0.2, 0) is 16.4 Å². The molecule has 0 heterocycles. The molecule has 0 aromatic heterocycles. The van der Waals surface area contributed by atoms with Crippen LogP contribution in [0.25, 0.3) is 0 Å². The van der Waals surface area contributed by atoms with Gasteiger partial charge in [-0.1, -0.05) is 42.5 Å². The van der Waals surface area contributed by atoms with Crippen molar-refractivity contribution in [2.24, 2.45) is 0 Å². The number of carbonyl (C=O) groups excluding carboxylic acids is 1. The molecule has 0 atom stereocenters. The van der Waals surface area contributed by atoms with Crippen LogP contribution >= 0.6 is 0 Å². The number of nitrogens with one attached hydrogen (secondary N) is 1. The summed E-state index contributed by atoms with van der Waals surface area (Å²) in [5.41, 5.74) is 1.57. The highest BCUT2D eigenvalue weighted by atomic mass is 32.2. The summed E-state index contributed by atoms with van der Waals surface area (Å²) >= 11 is 0. The van der Waals surface area contributed by atoms with Crippen molar-refractivity contribution in [2.75, 3.05) is 6.54 Å². The van der Waals surface area contributed by atoms with E-state index in [2.05, 4.69) is 4.72 Å². The average Bonchev–Trinajstić information content (AvgIpc) is 2.48. The molecule has 0 aliphatic carbocycles. The highest BCUT2D eigenvalue weighted by Crippen LogP contribution is 2.11. The second-order valence-corrected chi connectivity index (χ2v) is 6.48. The smallest absolute Gasteiger partial charge is 0.240 e. The van der Waals surface area contributed by atoms with Crippen molar-refractivity contribution in [2.45, 2.75) is 18.2 Å². The third kappa shape index (κ3) is 4.24. The molecule has 0 unspecified atom stereocenters. The van der Waals surface area contributed by atoms with Crippen LogP contribution < -0.4 is 4.72 Å². The van der Waals surface area contributed by atoms with Gasteiger partial charge in [-0.3, -0.25) is 4.79 Å². The molecule has 0 aliphatic heterocycles. The first-order chi connectivity index (χ1) is 9.99. The SMILES string of the molecule is CC(=O)c1ccc(S(=O)(=O)NCCc2ccccc2)cc1.